The molecule has 1 aromatic rings. The number of anilines is 1. The van der Waals surface area contributed by atoms with Crippen LogP contribution in [-0.2, 0) is 0 Å². The lowest BCUT2D eigenvalue weighted by Crippen LogP contribution is -2.38. The van der Waals surface area contributed by atoms with Crippen molar-refractivity contribution in [3.05, 3.63) is 24.0 Å². The van der Waals surface area contributed by atoms with E-state index in [1.165, 1.54) is 0 Å². The van der Waals surface area contributed by atoms with Crippen molar-refractivity contribution in [2.75, 3.05) is 18.0 Å². The molecule has 1 heterocycles. The summed E-state index contributed by atoms with van der Waals surface area (Å²) < 4.78 is 0. The topological polar surface area (TPSA) is 62.4 Å². The van der Waals surface area contributed by atoms with E-state index in [0.29, 0.717) is 12.2 Å². The number of pyridine rings is 1. The average molecular weight is 253 g/mol. The Morgan fingerprint density at radius 2 is 2.24 bits per heavy atom. The lowest BCUT2D eigenvalue weighted by molar-refractivity contribution is 0.0876. The fourth-order valence-corrected chi connectivity index (χ4v) is 1.72. The molecule has 3 N–H and O–H groups in total. The first-order chi connectivity index (χ1) is 7.83. The van der Waals surface area contributed by atoms with Gasteiger partial charge in [-0.2, -0.15) is 0 Å². The van der Waals surface area contributed by atoms with Crippen LogP contribution in [0.1, 0.15) is 26.5 Å². The molecule has 0 bridgehead atoms. The Balaban J connectivity index is 2.96. The first-order valence-corrected chi connectivity index (χ1v) is 5.97. The van der Waals surface area contributed by atoms with Crippen LogP contribution in [0.25, 0.3) is 0 Å². The molecule has 0 amide bonds. The summed E-state index contributed by atoms with van der Waals surface area (Å²) in [6, 6.07) is 3.73. The van der Waals surface area contributed by atoms with Crippen molar-refractivity contribution in [1.29, 1.82) is 0 Å². The zero-order valence-electron chi connectivity index (χ0n) is 10.5. The molecule has 0 unspecified atom stereocenters. The molecule has 17 heavy (non-hydrogen) atoms. The summed E-state index contributed by atoms with van der Waals surface area (Å²) in [6.07, 6.45) is 1.68. The number of aromatic nitrogens is 1. The second-order valence-electron chi connectivity index (χ2n) is 4.59. The SMILES string of the molecule is CCN(CC(C)(C)O)c1ccnc(C(N)=S)c1. The van der Waals surface area contributed by atoms with E-state index in [-0.39, 0.29) is 4.99 Å². The van der Waals surface area contributed by atoms with E-state index in [2.05, 4.69) is 9.88 Å². The number of nitrogens with zero attached hydrogens (tertiary/aromatic N) is 2. The van der Waals surface area contributed by atoms with Crippen LogP contribution in [0, 0.1) is 0 Å². The normalized spacial score (nSPS) is 11.3. The third kappa shape index (κ3) is 4.28. The maximum absolute atomic E-state index is 9.85. The number of likely N-dealkylation sites (N-methyl/N-ethyl adjacent to an activating group) is 1. The lowest BCUT2D eigenvalue weighted by atomic mass is 10.1. The number of thiocarbonyl (C=S) groups is 1. The molecule has 0 aliphatic heterocycles. The highest BCUT2D eigenvalue weighted by molar-refractivity contribution is 7.80. The molecular formula is C12H19N3OS. The van der Waals surface area contributed by atoms with Gasteiger partial charge < -0.3 is 15.7 Å². The summed E-state index contributed by atoms with van der Waals surface area (Å²) in [6.45, 7) is 6.94. The van der Waals surface area contributed by atoms with Gasteiger partial charge in [-0.3, -0.25) is 4.98 Å². The largest absolute Gasteiger partial charge is 0.389 e. The zero-order valence-corrected chi connectivity index (χ0v) is 11.3. The Morgan fingerprint density at radius 1 is 1.59 bits per heavy atom. The van der Waals surface area contributed by atoms with Crippen LogP contribution in [0.3, 0.4) is 0 Å². The van der Waals surface area contributed by atoms with Gasteiger partial charge in [-0.25, -0.2) is 0 Å². The van der Waals surface area contributed by atoms with Gasteiger partial charge in [-0.15, -0.1) is 0 Å². The van der Waals surface area contributed by atoms with Gasteiger partial charge in [0.1, 0.15) is 4.99 Å². The maximum Gasteiger partial charge on any atom is 0.122 e. The summed E-state index contributed by atoms with van der Waals surface area (Å²) in [5.41, 5.74) is 6.37. The van der Waals surface area contributed by atoms with Crippen molar-refractivity contribution in [2.24, 2.45) is 5.73 Å². The Bertz CT molecular complexity index is 401. The van der Waals surface area contributed by atoms with Crippen LogP contribution in [-0.4, -0.2) is 33.8 Å². The van der Waals surface area contributed by atoms with Gasteiger partial charge in [0.15, 0.2) is 0 Å². The predicted octanol–water partition coefficient (Wildman–Crippen LogP) is 1.31. The van der Waals surface area contributed by atoms with Crippen LogP contribution in [0.15, 0.2) is 18.3 Å². The van der Waals surface area contributed by atoms with Gasteiger partial charge in [-0.05, 0) is 32.9 Å². The zero-order chi connectivity index (χ0) is 13.1. The highest BCUT2D eigenvalue weighted by Crippen LogP contribution is 2.17. The molecule has 0 aliphatic rings. The first kappa shape index (κ1) is 13.9. The van der Waals surface area contributed by atoms with Crippen LogP contribution >= 0.6 is 12.2 Å². The van der Waals surface area contributed by atoms with Crippen LogP contribution in [0.5, 0.6) is 0 Å². The molecule has 4 nitrogen and oxygen atoms in total. The van der Waals surface area contributed by atoms with Crippen molar-refractivity contribution in [1.82, 2.24) is 4.98 Å². The molecule has 0 saturated heterocycles. The molecule has 0 fully saturated rings. The van der Waals surface area contributed by atoms with Crippen molar-refractivity contribution in [3.63, 3.8) is 0 Å². The smallest absolute Gasteiger partial charge is 0.122 e. The average Bonchev–Trinajstić information content (AvgIpc) is 2.25. The summed E-state index contributed by atoms with van der Waals surface area (Å²) in [4.78, 5) is 6.44. The van der Waals surface area contributed by atoms with E-state index in [9.17, 15) is 5.11 Å². The second-order valence-corrected chi connectivity index (χ2v) is 5.03. The molecule has 0 saturated carbocycles. The minimum atomic E-state index is -0.747. The van der Waals surface area contributed by atoms with E-state index < -0.39 is 5.60 Å². The van der Waals surface area contributed by atoms with Crippen molar-refractivity contribution in [3.8, 4) is 0 Å². The number of aliphatic hydroxyl groups is 1. The fraction of sp³-hybridized carbons (Fsp3) is 0.500. The number of hydrogen-bond donors (Lipinski definition) is 2. The summed E-state index contributed by atoms with van der Waals surface area (Å²) >= 11 is 4.90. The van der Waals surface area contributed by atoms with Crippen LogP contribution in [0.4, 0.5) is 5.69 Å². The highest BCUT2D eigenvalue weighted by atomic mass is 32.1. The van der Waals surface area contributed by atoms with Gasteiger partial charge in [-0.1, -0.05) is 12.2 Å². The monoisotopic (exact) mass is 253 g/mol. The van der Waals surface area contributed by atoms with E-state index >= 15 is 0 Å². The molecule has 0 radical (unpaired) electrons. The number of nitrogens with two attached hydrogens (primary N) is 1. The lowest BCUT2D eigenvalue weighted by Gasteiger charge is -2.30. The Morgan fingerprint density at radius 3 is 2.71 bits per heavy atom. The molecular weight excluding hydrogens is 234 g/mol. The van der Waals surface area contributed by atoms with Crippen molar-refractivity contribution < 1.29 is 5.11 Å². The molecule has 0 aliphatic carbocycles. The van der Waals surface area contributed by atoms with E-state index in [4.69, 9.17) is 18.0 Å². The minimum absolute atomic E-state index is 0.283. The van der Waals surface area contributed by atoms with Gasteiger partial charge in [0, 0.05) is 25.0 Å². The predicted molar refractivity (Wildman–Crippen MR) is 74.3 cm³/mol. The Labute approximate surface area is 107 Å². The first-order valence-electron chi connectivity index (χ1n) is 5.56. The molecule has 0 atom stereocenters. The van der Waals surface area contributed by atoms with Gasteiger partial charge in [0.05, 0.1) is 11.3 Å². The minimum Gasteiger partial charge on any atom is -0.389 e. The van der Waals surface area contributed by atoms with Gasteiger partial charge in [0.2, 0.25) is 0 Å². The molecule has 94 valence electrons. The third-order valence-corrected chi connectivity index (χ3v) is 2.53. The fourth-order valence-electron chi connectivity index (χ4n) is 1.60. The quantitative estimate of drug-likeness (QED) is 0.775. The van der Waals surface area contributed by atoms with Crippen LogP contribution in [0.2, 0.25) is 0 Å². The standard InChI is InChI=1S/C12H19N3OS/c1-4-15(8-12(2,3)16)9-5-6-14-10(7-9)11(13)17/h5-7,16H,4,8H2,1-3H3,(H2,13,17). The van der Waals surface area contributed by atoms with Crippen LogP contribution < -0.4 is 10.6 Å². The molecule has 1 aromatic heterocycles. The van der Waals surface area contributed by atoms with Gasteiger partial charge >= 0.3 is 0 Å². The molecule has 0 spiro atoms. The van der Waals surface area contributed by atoms with E-state index in [1.54, 1.807) is 20.0 Å². The Hall–Kier alpha value is -1.20. The molecule has 0 aromatic carbocycles. The summed E-state index contributed by atoms with van der Waals surface area (Å²) in [5.74, 6) is 0. The summed E-state index contributed by atoms with van der Waals surface area (Å²) in [5, 5.41) is 9.85. The Kier molecular flexibility index (Phi) is 4.42. The van der Waals surface area contributed by atoms with Gasteiger partial charge in [0.25, 0.3) is 0 Å². The highest BCUT2D eigenvalue weighted by Gasteiger charge is 2.18. The molecule has 5 heteroatoms. The molecule has 1 rings (SSSR count). The van der Waals surface area contributed by atoms with Crippen molar-refractivity contribution in [2.45, 2.75) is 26.4 Å². The number of hydrogen-bond acceptors (Lipinski definition) is 4. The van der Waals surface area contributed by atoms with E-state index in [1.807, 2.05) is 19.1 Å². The third-order valence-electron chi connectivity index (χ3n) is 2.32. The summed E-state index contributed by atoms with van der Waals surface area (Å²) in [7, 11) is 0. The van der Waals surface area contributed by atoms with Crippen molar-refractivity contribution >= 4 is 22.9 Å². The maximum atomic E-state index is 9.85. The number of rotatable bonds is 5. The second kappa shape index (κ2) is 5.42. The van der Waals surface area contributed by atoms with E-state index in [0.717, 1.165) is 12.2 Å².